The molecule has 1 amide bonds. The van der Waals surface area contributed by atoms with Crippen molar-refractivity contribution >= 4 is 16.8 Å². The molecule has 0 aliphatic heterocycles. The average molecular weight is 393 g/mol. The second-order valence-corrected chi connectivity index (χ2v) is 7.66. The summed E-state index contributed by atoms with van der Waals surface area (Å²) in [4.78, 5) is 33.7. The summed E-state index contributed by atoms with van der Waals surface area (Å²) in [5, 5.41) is 0.530. The number of rotatable bonds is 6. The number of nitrogens with one attached hydrogen (secondary N) is 1. The number of aromatic amines is 1. The van der Waals surface area contributed by atoms with Crippen LogP contribution in [0.15, 0.2) is 47.3 Å². The molecule has 0 spiro atoms. The lowest BCUT2D eigenvalue weighted by Crippen LogP contribution is -2.38. The van der Waals surface area contributed by atoms with Gasteiger partial charge in [-0.2, -0.15) is 0 Å². The van der Waals surface area contributed by atoms with Gasteiger partial charge in [-0.25, -0.2) is 4.98 Å². The Labute approximate surface area is 170 Å². The Balaban J connectivity index is 1.70. The van der Waals surface area contributed by atoms with Crippen LogP contribution in [-0.4, -0.2) is 33.9 Å². The summed E-state index contributed by atoms with van der Waals surface area (Å²) in [6, 6.07) is 13.0. The number of fused-ring (bicyclic) bond motifs is 1. The Hall–Kier alpha value is -3.15. The second-order valence-electron chi connectivity index (χ2n) is 7.66. The van der Waals surface area contributed by atoms with Crippen LogP contribution in [0.2, 0.25) is 0 Å². The predicted octanol–water partition coefficient (Wildman–Crippen LogP) is 3.78. The molecule has 152 valence electrons. The van der Waals surface area contributed by atoms with E-state index in [2.05, 4.69) is 23.8 Å². The number of aromatic nitrogens is 2. The minimum Gasteiger partial charge on any atom is -0.481 e. The highest BCUT2D eigenvalue weighted by molar-refractivity contribution is 5.81. The molecule has 3 aromatic rings. The molecule has 3 rings (SSSR count). The van der Waals surface area contributed by atoms with Gasteiger partial charge in [0.2, 0.25) is 0 Å². The Kier molecular flexibility index (Phi) is 6.01. The van der Waals surface area contributed by atoms with E-state index in [1.165, 1.54) is 10.5 Å². The maximum Gasteiger partial charge on any atom is 0.263 e. The molecule has 0 saturated heterocycles. The van der Waals surface area contributed by atoms with Gasteiger partial charge in [0.1, 0.15) is 11.6 Å². The van der Waals surface area contributed by atoms with Crippen molar-refractivity contribution in [3.05, 3.63) is 69.8 Å². The van der Waals surface area contributed by atoms with Gasteiger partial charge in [-0.1, -0.05) is 32.0 Å². The van der Waals surface area contributed by atoms with Crippen LogP contribution >= 0.6 is 0 Å². The van der Waals surface area contributed by atoms with Gasteiger partial charge in [-0.05, 0) is 55.2 Å². The quantitative estimate of drug-likeness (QED) is 0.692. The van der Waals surface area contributed by atoms with Gasteiger partial charge >= 0.3 is 0 Å². The third-order valence-corrected chi connectivity index (χ3v) is 4.95. The molecule has 1 atom stereocenters. The molecule has 29 heavy (non-hydrogen) atoms. The topological polar surface area (TPSA) is 75.3 Å². The van der Waals surface area contributed by atoms with Crippen molar-refractivity contribution in [1.82, 2.24) is 14.9 Å². The van der Waals surface area contributed by atoms with Crippen LogP contribution in [0.3, 0.4) is 0 Å². The Morgan fingerprint density at radius 2 is 1.90 bits per heavy atom. The molecule has 1 aromatic heterocycles. The van der Waals surface area contributed by atoms with Gasteiger partial charge in [-0.15, -0.1) is 0 Å². The van der Waals surface area contributed by atoms with Crippen molar-refractivity contribution in [2.24, 2.45) is 0 Å². The van der Waals surface area contributed by atoms with Crippen LogP contribution in [0, 0.1) is 6.92 Å². The summed E-state index contributed by atoms with van der Waals surface area (Å²) < 4.78 is 5.86. The second kappa shape index (κ2) is 8.47. The first-order chi connectivity index (χ1) is 13.8. The Morgan fingerprint density at radius 3 is 2.59 bits per heavy atom. The lowest BCUT2D eigenvalue weighted by molar-refractivity contribution is -0.137. The van der Waals surface area contributed by atoms with Crippen LogP contribution in [0.1, 0.15) is 43.6 Å². The van der Waals surface area contributed by atoms with Crippen LogP contribution in [0.4, 0.5) is 0 Å². The van der Waals surface area contributed by atoms with E-state index in [0.29, 0.717) is 28.4 Å². The number of carbonyl (C=O) groups is 1. The third-order valence-electron chi connectivity index (χ3n) is 4.95. The fourth-order valence-electron chi connectivity index (χ4n) is 3.45. The number of carbonyl (C=O) groups excluding carboxylic acids is 1. The minimum atomic E-state index is -0.656. The summed E-state index contributed by atoms with van der Waals surface area (Å²) >= 11 is 0. The zero-order valence-corrected chi connectivity index (χ0v) is 17.5. The predicted molar refractivity (Wildman–Crippen MR) is 114 cm³/mol. The first-order valence-electron chi connectivity index (χ1n) is 9.76. The third kappa shape index (κ3) is 4.65. The fourth-order valence-corrected chi connectivity index (χ4v) is 3.45. The monoisotopic (exact) mass is 393 g/mol. The number of para-hydroxylation sites is 1. The van der Waals surface area contributed by atoms with Crippen LogP contribution in [0.25, 0.3) is 10.9 Å². The smallest absolute Gasteiger partial charge is 0.263 e. The van der Waals surface area contributed by atoms with Gasteiger partial charge in [0.25, 0.3) is 11.5 Å². The number of hydrogen-bond donors (Lipinski definition) is 1. The molecule has 6 heteroatoms. The van der Waals surface area contributed by atoms with Crippen molar-refractivity contribution in [3.8, 4) is 5.75 Å². The number of nitrogens with zero attached hydrogens (tertiary/aromatic N) is 2. The molecular weight excluding hydrogens is 366 g/mol. The molecule has 0 radical (unpaired) electrons. The van der Waals surface area contributed by atoms with E-state index in [0.717, 1.165) is 5.56 Å². The van der Waals surface area contributed by atoms with Crippen molar-refractivity contribution in [1.29, 1.82) is 0 Å². The number of hydrogen-bond acceptors (Lipinski definition) is 4. The van der Waals surface area contributed by atoms with E-state index in [9.17, 15) is 9.59 Å². The summed E-state index contributed by atoms with van der Waals surface area (Å²) in [7, 11) is 1.67. The van der Waals surface area contributed by atoms with Crippen molar-refractivity contribution < 1.29 is 9.53 Å². The van der Waals surface area contributed by atoms with Crippen LogP contribution in [0.5, 0.6) is 5.75 Å². The fraction of sp³-hybridized carbons (Fsp3) is 0.348. The SMILES string of the molecule is Cc1cc(O[C@H](C)C(=O)N(C)Cc2nc3ccccc3c(=O)[nH]2)ccc1C(C)C. The lowest BCUT2D eigenvalue weighted by atomic mass is 9.98. The van der Waals surface area contributed by atoms with E-state index in [-0.39, 0.29) is 18.0 Å². The molecule has 0 fully saturated rings. The van der Waals surface area contributed by atoms with E-state index >= 15 is 0 Å². The summed E-state index contributed by atoms with van der Waals surface area (Å²) in [6.45, 7) is 8.26. The van der Waals surface area contributed by atoms with Gasteiger partial charge in [0.05, 0.1) is 17.4 Å². The maximum absolute atomic E-state index is 12.7. The summed E-state index contributed by atoms with van der Waals surface area (Å²) in [5.74, 6) is 1.35. The van der Waals surface area contributed by atoms with Gasteiger partial charge in [0, 0.05) is 7.05 Å². The maximum atomic E-state index is 12.7. The van der Waals surface area contributed by atoms with Gasteiger partial charge in [0.15, 0.2) is 6.10 Å². The zero-order chi connectivity index (χ0) is 21.1. The van der Waals surface area contributed by atoms with E-state index in [1.807, 2.05) is 31.2 Å². The van der Waals surface area contributed by atoms with Crippen LogP contribution < -0.4 is 10.3 Å². The molecular formula is C23H27N3O3. The van der Waals surface area contributed by atoms with Gasteiger partial charge in [-0.3, -0.25) is 9.59 Å². The van der Waals surface area contributed by atoms with Crippen molar-refractivity contribution in [2.75, 3.05) is 7.05 Å². The van der Waals surface area contributed by atoms with Crippen LogP contribution in [-0.2, 0) is 11.3 Å². The highest BCUT2D eigenvalue weighted by atomic mass is 16.5. The molecule has 2 aromatic carbocycles. The largest absolute Gasteiger partial charge is 0.481 e. The summed E-state index contributed by atoms with van der Waals surface area (Å²) in [5.41, 5.74) is 2.80. The van der Waals surface area contributed by atoms with Crippen molar-refractivity contribution in [3.63, 3.8) is 0 Å². The highest BCUT2D eigenvalue weighted by Crippen LogP contribution is 2.24. The van der Waals surface area contributed by atoms with E-state index < -0.39 is 6.10 Å². The summed E-state index contributed by atoms with van der Waals surface area (Å²) in [6.07, 6.45) is -0.656. The first kappa shape index (κ1) is 20.6. The van der Waals surface area contributed by atoms with Crippen molar-refractivity contribution in [2.45, 2.75) is 46.3 Å². The van der Waals surface area contributed by atoms with E-state index in [4.69, 9.17) is 4.74 Å². The molecule has 0 bridgehead atoms. The normalized spacial score (nSPS) is 12.2. The van der Waals surface area contributed by atoms with Gasteiger partial charge < -0.3 is 14.6 Å². The Morgan fingerprint density at radius 1 is 1.17 bits per heavy atom. The Bertz CT molecular complexity index is 1090. The number of aryl methyl sites for hydroxylation is 1. The van der Waals surface area contributed by atoms with E-state index in [1.54, 1.807) is 32.2 Å². The number of amides is 1. The molecule has 0 aliphatic rings. The molecule has 1 heterocycles. The number of H-pyrrole nitrogens is 1. The molecule has 0 saturated carbocycles. The molecule has 0 unspecified atom stereocenters. The number of likely N-dealkylation sites (N-methyl/N-ethyl adjacent to an activating group) is 1. The number of benzene rings is 2. The lowest BCUT2D eigenvalue weighted by Gasteiger charge is -2.22. The minimum absolute atomic E-state index is 0.189. The molecule has 6 nitrogen and oxygen atoms in total. The standard InChI is InChI=1S/C23H27N3O3/c1-14(2)18-11-10-17(12-15(18)3)29-16(4)23(28)26(5)13-21-24-20-9-7-6-8-19(20)22(27)25-21/h6-12,14,16H,13H2,1-5H3,(H,24,25,27)/t16-/m1/s1. The highest BCUT2D eigenvalue weighted by Gasteiger charge is 2.20. The zero-order valence-electron chi connectivity index (χ0n) is 17.5. The molecule has 1 N–H and O–H groups in total. The average Bonchev–Trinajstić information content (AvgIpc) is 2.67. The number of ether oxygens (including phenoxy) is 1. The molecule has 0 aliphatic carbocycles. The first-order valence-corrected chi connectivity index (χ1v) is 9.76.